The van der Waals surface area contributed by atoms with Crippen LogP contribution in [0, 0.1) is 6.92 Å². The highest BCUT2D eigenvalue weighted by molar-refractivity contribution is 9.10. The van der Waals surface area contributed by atoms with Crippen molar-refractivity contribution in [3.8, 4) is 0 Å². The third kappa shape index (κ3) is 5.15. The van der Waals surface area contributed by atoms with Crippen molar-refractivity contribution in [3.05, 3.63) is 40.5 Å². The number of hydrogen-bond acceptors (Lipinski definition) is 6. The predicted octanol–water partition coefficient (Wildman–Crippen LogP) is 2.37. The Labute approximate surface area is 150 Å². The second kappa shape index (κ2) is 8.41. The number of nitrogens with one attached hydrogen (secondary N) is 3. The minimum absolute atomic E-state index is 0.214. The van der Waals surface area contributed by atoms with Crippen molar-refractivity contribution in [2.45, 2.75) is 18.7 Å². The van der Waals surface area contributed by atoms with E-state index in [0.29, 0.717) is 17.0 Å². The van der Waals surface area contributed by atoms with Gasteiger partial charge >= 0.3 is 0 Å². The lowest BCUT2D eigenvalue weighted by molar-refractivity contribution is 0.582. The summed E-state index contributed by atoms with van der Waals surface area (Å²) < 4.78 is 27.6. The van der Waals surface area contributed by atoms with Crippen LogP contribution in [0.15, 0.2) is 39.7 Å². The van der Waals surface area contributed by atoms with Gasteiger partial charge in [0.25, 0.3) is 0 Å². The minimum Gasteiger partial charge on any atom is -0.370 e. The monoisotopic (exact) mass is 413 g/mol. The SMILES string of the molecule is CCNc1cc(C)nc(NCCNS(=O)(=O)c2ccccc2Br)n1. The fraction of sp³-hybridized carbons (Fsp3) is 0.333. The van der Waals surface area contributed by atoms with Gasteiger partial charge in [0.15, 0.2) is 0 Å². The van der Waals surface area contributed by atoms with Gasteiger partial charge in [-0.1, -0.05) is 12.1 Å². The van der Waals surface area contributed by atoms with Crippen molar-refractivity contribution >= 4 is 37.7 Å². The van der Waals surface area contributed by atoms with Crippen LogP contribution < -0.4 is 15.4 Å². The van der Waals surface area contributed by atoms with E-state index in [4.69, 9.17) is 0 Å². The molecule has 0 saturated carbocycles. The summed E-state index contributed by atoms with van der Waals surface area (Å²) in [7, 11) is -3.56. The van der Waals surface area contributed by atoms with Crippen LogP contribution in [0.1, 0.15) is 12.6 Å². The molecule has 0 aliphatic heterocycles. The molecule has 0 aliphatic carbocycles. The summed E-state index contributed by atoms with van der Waals surface area (Å²) >= 11 is 3.25. The number of halogens is 1. The summed E-state index contributed by atoms with van der Waals surface area (Å²) in [5.41, 5.74) is 0.831. The summed E-state index contributed by atoms with van der Waals surface area (Å²) in [6.07, 6.45) is 0. The quantitative estimate of drug-likeness (QED) is 0.574. The van der Waals surface area contributed by atoms with Gasteiger partial charge in [-0.05, 0) is 41.9 Å². The van der Waals surface area contributed by atoms with Crippen molar-refractivity contribution in [1.29, 1.82) is 0 Å². The lowest BCUT2D eigenvalue weighted by Crippen LogP contribution is -2.29. The van der Waals surface area contributed by atoms with Gasteiger partial charge in [0.2, 0.25) is 16.0 Å². The third-order valence-electron chi connectivity index (χ3n) is 3.04. The first kappa shape index (κ1) is 18.6. The van der Waals surface area contributed by atoms with Crippen LogP contribution in [0.5, 0.6) is 0 Å². The summed E-state index contributed by atoms with van der Waals surface area (Å²) in [6, 6.07) is 8.54. The van der Waals surface area contributed by atoms with Crippen molar-refractivity contribution in [2.75, 3.05) is 30.3 Å². The normalized spacial score (nSPS) is 11.3. The molecule has 0 bridgehead atoms. The molecule has 0 spiro atoms. The lowest BCUT2D eigenvalue weighted by Gasteiger charge is -2.10. The van der Waals surface area contributed by atoms with Crippen molar-refractivity contribution < 1.29 is 8.42 Å². The third-order valence-corrected chi connectivity index (χ3v) is 5.51. The van der Waals surface area contributed by atoms with E-state index in [0.717, 1.165) is 18.1 Å². The molecular formula is C15H20BrN5O2S. The lowest BCUT2D eigenvalue weighted by atomic mass is 10.4. The Hall–Kier alpha value is -1.71. The highest BCUT2D eigenvalue weighted by Gasteiger charge is 2.16. The van der Waals surface area contributed by atoms with Gasteiger partial charge < -0.3 is 10.6 Å². The number of rotatable bonds is 8. The maximum absolute atomic E-state index is 12.2. The molecule has 0 fully saturated rings. The second-order valence-electron chi connectivity index (χ2n) is 5.00. The molecule has 0 unspecified atom stereocenters. The van der Waals surface area contributed by atoms with E-state index in [2.05, 4.69) is 41.3 Å². The average molecular weight is 414 g/mol. The number of anilines is 2. The van der Waals surface area contributed by atoms with Crippen LogP contribution in [-0.4, -0.2) is 38.0 Å². The second-order valence-corrected chi connectivity index (χ2v) is 7.59. The van der Waals surface area contributed by atoms with E-state index in [9.17, 15) is 8.42 Å². The van der Waals surface area contributed by atoms with E-state index in [1.165, 1.54) is 0 Å². The fourth-order valence-electron chi connectivity index (χ4n) is 2.02. The first-order chi connectivity index (χ1) is 11.4. The minimum atomic E-state index is -3.56. The molecule has 0 atom stereocenters. The first-order valence-electron chi connectivity index (χ1n) is 7.50. The number of aryl methyl sites for hydroxylation is 1. The highest BCUT2D eigenvalue weighted by Crippen LogP contribution is 2.20. The van der Waals surface area contributed by atoms with E-state index >= 15 is 0 Å². The standard InChI is InChI=1S/C15H20BrN5O2S/c1-3-17-14-10-11(2)20-15(21-14)18-8-9-19-24(22,23)13-7-5-4-6-12(13)16/h4-7,10,19H,3,8-9H2,1-2H3,(H2,17,18,20,21). The van der Waals surface area contributed by atoms with E-state index < -0.39 is 10.0 Å². The zero-order valence-corrected chi connectivity index (χ0v) is 15.9. The van der Waals surface area contributed by atoms with Crippen molar-refractivity contribution in [1.82, 2.24) is 14.7 Å². The molecule has 0 radical (unpaired) electrons. The van der Waals surface area contributed by atoms with Gasteiger partial charge in [0, 0.05) is 35.9 Å². The molecule has 1 aromatic carbocycles. The zero-order chi connectivity index (χ0) is 17.6. The number of nitrogens with zero attached hydrogens (tertiary/aromatic N) is 2. The highest BCUT2D eigenvalue weighted by atomic mass is 79.9. The van der Waals surface area contributed by atoms with Gasteiger partial charge in [0.05, 0.1) is 4.90 Å². The Kier molecular flexibility index (Phi) is 6.52. The molecule has 3 N–H and O–H groups in total. The molecule has 130 valence electrons. The summed E-state index contributed by atoms with van der Waals surface area (Å²) in [5, 5.41) is 6.15. The maximum atomic E-state index is 12.2. The van der Waals surface area contributed by atoms with Crippen LogP contribution in [0.2, 0.25) is 0 Å². The number of benzene rings is 1. The molecule has 24 heavy (non-hydrogen) atoms. The topological polar surface area (TPSA) is 96.0 Å². The van der Waals surface area contributed by atoms with Gasteiger partial charge in [-0.3, -0.25) is 0 Å². The van der Waals surface area contributed by atoms with Crippen LogP contribution in [0.3, 0.4) is 0 Å². The fourth-order valence-corrected chi connectivity index (χ4v) is 4.05. The predicted molar refractivity (Wildman–Crippen MR) is 98.8 cm³/mol. The Morgan fingerprint density at radius 3 is 2.58 bits per heavy atom. The van der Waals surface area contributed by atoms with Crippen LogP contribution >= 0.6 is 15.9 Å². The molecule has 0 saturated heterocycles. The summed E-state index contributed by atoms with van der Waals surface area (Å²) in [4.78, 5) is 8.80. The number of aromatic nitrogens is 2. The first-order valence-corrected chi connectivity index (χ1v) is 9.77. The largest absolute Gasteiger partial charge is 0.370 e. The Bertz CT molecular complexity index is 798. The van der Waals surface area contributed by atoms with Gasteiger partial charge in [0.1, 0.15) is 5.82 Å². The molecule has 1 aromatic heterocycles. The number of hydrogen-bond donors (Lipinski definition) is 3. The Morgan fingerprint density at radius 2 is 1.88 bits per heavy atom. The van der Waals surface area contributed by atoms with Crippen molar-refractivity contribution in [2.24, 2.45) is 0 Å². The molecule has 0 amide bonds. The van der Waals surface area contributed by atoms with Gasteiger partial charge in [-0.15, -0.1) is 0 Å². The average Bonchev–Trinajstić information content (AvgIpc) is 2.52. The molecule has 9 heteroatoms. The summed E-state index contributed by atoms with van der Waals surface area (Å²) in [5.74, 6) is 1.20. The van der Waals surface area contributed by atoms with Gasteiger partial charge in [-0.25, -0.2) is 18.1 Å². The smallest absolute Gasteiger partial charge is 0.241 e. The van der Waals surface area contributed by atoms with Crippen LogP contribution in [0.4, 0.5) is 11.8 Å². The molecule has 1 heterocycles. The maximum Gasteiger partial charge on any atom is 0.241 e. The van der Waals surface area contributed by atoms with E-state index in [1.54, 1.807) is 24.3 Å². The molecule has 2 rings (SSSR count). The molecule has 7 nitrogen and oxygen atoms in total. The van der Waals surface area contributed by atoms with Gasteiger partial charge in [-0.2, -0.15) is 4.98 Å². The molecular weight excluding hydrogens is 394 g/mol. The number of sulfonamides is 1. The van der Waals surface area contributed by atoms with E-state index in [1.807, 2.05) is 19.9 Å². The zero-order valence-electron chi connectivity index (χ0n) is 13.5. The van der Waals surface area contributed by atoms with Crippen LogP contribution in [0.25, 0.3) is 0 Å². The Balaban J connectivity index is 1.92. The molecule has 2 aromatic rings. The molecule has 0 aliphatic rings. The van der Waals surface area contributed by atoms with Crippen LogP contribution in [-0.2, 0) is 10.0 Å². The Morgan fingerprint density at radius 1 is 1.12 bits per heavy atom. The van der Waals surface area contributed by atoms with E-state index in [-0.39, 0.29) is 11.4 Å². The van der Waals surface area contributed by atoms with Crippen molar-refractivity contribution in [3.63, 3.8) is 0 Å². The summed E-state index contributed by atoms with van der Waals surface area (Å²) in [6.45, 7) is 5.22.